The number of carbonyl (C=O) groups is 1. The van der Waals surface area contributed by atoms with Crippen LogP contribution in [0, 0.1) is 13.8 Å². The molecule has 3 rings (SSSR count). The molecule has 0 saturated heterocycles. The van der Waals surface area contributed by atoms with Gasteiger partial charge in [0.2, 0.25) is 0 Å². The number of urea groups is 1. The summed E-state index contributed by atoms with van der Waals surface area (Å²) in [6.07, 6.45) is 0. The van der Waals surface area contributed by atoms with Gasteiger partial charge >= 0.3 is 6.03 Å². The summed E-state index contributed by atoms with van der Waals surface area (Å²) in [6, 6.07) is 15.2. The molecule has 3 aromatic rings. The zero-order valence-electron chi connectivity index (χ0n) is 15.0. The first-order chi connectivity index (χ1) is 12.6. The maximum Gasteiger partial charge on any atom is 0.319 e. The molecular formula is C20H21N3O2S. The highest BCUT2D eigenvalue weighted by Crippen LogP contribution is 2.30. The summed E-state index contributed by atoms with van der Waals surface area (Å²) in [6.45, 7) is 4.48. The van der Waals surface area contributed by atoms with Crippen LogP contribution in [0.15, 0.2) is 48.5 Å². The fourth-order valence-corrected chi connectivity index (χ4v) is 3.65. The topological polar surface area (TPSA) is 63.2 Å². The molecule has 2 N–H and O–H groups in total. The Hall–Kier alpha value is -2.86. The van der Waals surface area contributed by atoms with Crippen LogP contribution >= 0.6 is 11.3 Å². The maximum atomic E-state index is 12.1. The smallest absolute Gasteiger partial charge is 0.319 e. The lowest BCUT2D eigenvalue weighted by Gasteiger charge is -2.08. The van der Waals surface area contributed by atoms with Crippen molar-refractivity contribution in [3.8, 4) is 16.3 Å². The monoisotopic (exact) mass is 367 g/mol. The molecule has 2 aromatic carbocycles. The number of benzene rings is 2. The number of aryl methyl sites for hydroxylation is 2. The number of hydrogen-bond acceptors (Lipinski definition) is 4. The highest BCUT2D eigenvalue weighted by molar-refractivity contribution is 7.15. The minimum Gasteiger partial charge on any atom is -0.497 e. The first kappa shape index (κ1) is 17.9. The number of hydrogen-bond donors (Lipinski definition) is 2. The number of carbonyl (C=O) groups excluding carboxylic acids is 1. The van der Waals surface area contributed by atoms with E-state index in [4.69, 9.17) is 4.74 Å². The van der Waals surface area contributed by atoms with Gasteiger partial charge in [0.05, 0.1) is 19.3 Å². The average Bonchev–Trinajstić information content (AvgIpc) is 3.01. The van der Waals surface area contributed by atoms with Crippen molar-refractivity contribution in [2.24, 2.45) is 0 Å². The highest BCUT2D eigenvalue weighted by Gasteiger charge is 2.12. The molecule has 26 heavy (non-hydrogen) atoms. The van der Waals surface area contributed by atoms with E-state index in [1.54, 1.807) is 24.5 Å². The summed E-state index contributed by atoms with van der Waals surface area (Å²) in [7, 11) is 1.60. The molecule has 5 nitrogen and oxygen atoms in total. The van der Waals surface area contributed by atoms with Gasteiger partial charge in [0.1, 0.15) is 10.8 Å². The number of nitrogens with zero attached hydrogens (tertiary/aromatic N) is 1. The van der Waals surface area contributed by atoms with Gasteiger partial charge in [0, 0.05) is 22.2 Å². The molecule has 0 radical (unpaired) electrons. The second-order valence-electron chi connectivity index (χ2n) is 5.88. The van der Waals surface area contributed by atoms with E-state index in [0.717, 1.165) is 21.1 Å². The molecule has 0 unspecified atom stereocenters. The molecule has 0 saturated carbocycles. The number of amides is 2. The number of rotatable bonds is 5. The Morgan fingerprint density at radius 1 is 1.15 bits per heavy atom. The van der Waals surface area contributed by atoms with Crippen molar-refractivity contribution >= 4 is 23.1 Å². The van der Waals surface area contributed by atoms with Gasteiger partial charge in [-0.05, 0) is 31.5 Å². The SMILES string of the molecule is COc1cccc(NC(=O)NCc2sc(-c3ccccc3C)nc2C)c1. The third-order valence-electron chi connectivity index (χ3n) is 4.01. The number of anilines is 1. The van der Waals surface area contributed by atoms with Crippen LogP contribution in [-0.2, 0) is 6.54 Å². The van der Waals surface area contributed by atoms with E-state index in [0.29, 0.717) is 18.0 Å². The third kappa shape index (κ3) is 4.21. The van der Waals surface area contributed by atoms with Crippen LogP contribution in [-0.4, -0.2) is 18.1 Å². The summed E-state index contributed by atoms with van der Waals surface area (Å²) in [5.41, 5.74) is 3.95. The number of ether oxygens (including phenoxy) is 1. The summed E-state index contributed by atoms with van der Waals surface area (Å²) >= 11 is 1.61. The van der Waals surface area contributed by atoms with Crippen molar-refractivity contribution in [3.05, 3.63) is 64.7 Å². The largest absolute Gasteiger partial charge is 0.497 e. The second-order valence-corrected chi connectivity index (χ2v) is 6.97. The van der Waals surface area contributed by atoms with Crippen LogP contribution in [0.3, 0.4) is 0 Å². The molecule has 0 bridgehead atoms. The van der Waals surface area contributed by atoms with Gasteiger partial charge in [-0.2, -0.15) is 0 Å². The Morgan fingerprint density at radius 3 is 2.73 bits per heavy atom. The number of aromatic nitrogens is 1. The summed E-state index contributed by atoms with van der Waals surface area (Å²) in [5, 5.41) is 6.67. The normalized spacial score (nSPS) is 10.4. The van der Waals surface area contributed by atoms with Gasteiger partial charge in [-0.3, -0.25) is 0 Å². The summed E-state index contributed by atoms with van der Waals surface area (Å²) in [4.78, 5) is 17.9. The van der Waals surface area contributed by atoms with E-state index < -0.39 is 0 Å². The lowest BCUT2D eigenvalue weighted by Crippen LogP contribution is -2.28. The fraction of sp³-hybridized carbons (Fsp3) is 0.200. The van der Waals surface area contributed by atoms with Gasteiger partial charge < -0.3 is 15.4 Å². The van der Waals surface area contributed by atoms with Crippen LogP contribution in [0.1, 0.15) is 16.1 Å². The molecule has 1 aromatic heterocycles. The first-order valence-electron chi connectivity index (χ1n) is 8.28. The van der Waals surface area contributed by atoms with Gasteiger partial charge in [0.25, 0.3) is 0 Å². The molecule has 6 heteroatoms. The second kappa shape index (κ2) is 8.01. The van der Waals surface area contributed by atoms with Gasteiger partial charge in [-0.25, -0.2) is 9.78 Å². The van der Waals surface area contributed by atoms with Crippen LogP contribution in [0.5, 0.6) is 5.75 Å². The zero-order chi connectivity index (χ0) is 18.5. The Bertz CT molecular complexity index is 921. The predicted octanol–water partition coefficient (Wildman–Crippen LogP) is 4.76. The molecule has 2 amide bonds. The van der Waals surface area contributed by atoms with E-state index in [2.05, 4.69) is 34.7 Å². The predicted molar refractivity (Wildman–Crippen MR) is 106 cm³/mol. The fourth-order valence-electron chi connectivity index (χ4n) is 2.56. The highest BCUT2D eigenvalue weighted by atomic mass is 32.1. The lowest BCUT2D eigenvalue weighted by molar-refractivity contribution is 0.252. The number of thiazole rings is 1. The van der Waals surface area contributed by atoms with Crippen molar-refractivity contribution in [1.82, 2.24) is 10.3 Å². The van der Waals surface area contributed by atoms with Gasteiger partial charge in [-0.1, -0.05) is 30.3 Å². The van der Waals surface area contributed by atoms with Crippen molar-refractivity contribution in [2.75, 3.05) is 12.4 Å². The molecule has 0 aliphatic carbocycles. The molecule has 0 spiro atoms. The molecule has 0 aliphatic rings. The van der Waals surface area contributed by atoms with Crippen molar-refractivity contribution < 1.29 is 9.53 Å². The van der Waals surface area contributed by atoms with Crippen LogP contribution in [0.4, 0.5) is 10.5 Å². The summed E-state index contributed by atoms with van der Waals surface area (Å²) in [5.74, 6) is 0.698. The van der Waals surface area contributed by atoms with Crippen molar-refractivity contribution in [3.63, 3.8) is 0 Å². The first-order valence-corrected chi connectivity index (χ1v) is 9.09. The Labute approximate surface area is 157 Å². The third-order valence-corrected chi connectivity index (χ3v) is 5.20. The quantitative estimate of drug-likeness (QED) is 0.683. The van der Waals surface area contributed by atoms with Crippen LogP contribution in [0.25, 0.3) is 10.6 Å². The minimum absolute atomic E-state index is 0.261. The van der Waals surface area contributed by atoms with Gasteiger partial charge in [0.15, 0.2) is 0 Å². The average molecular weight is 367 g/mol. The Balaban J connectivity index is 1.64. The van der Waals surface area contributed by atoms with E-state index in [1.807, 2.05) is 37.3 Å². The molecular weight excluding hydrogens is 346 g/mol. The standard InChI is InChI=1S/C20H21N3O2S/c1-13-7-4-5-10-17(13)19-22-14(2)18(26-19)12-21-20(24)23-15-8-6-9-16(11-15)25-3/h4-11H,12H2,1-3H3,(H2,21,23,24). The van der Waals surface area contributed by atoms with Crippen molar-refractivity contribution in [2.45, 2.75) is 20.4 Å². The number of methoxy groups -OCH3 is 1. The van der Waals surface area contributed by atoms with E-state index in [9.17, 15) is 4.79 Å². The van der Waals surface area contributed by atoms with E-state index in [-0.39, 0.29) is 6.03 Å². The molecule has 1 heterocycles. The van der Waals surface area contributed by atoms with Crippen LogP contribution < -0.4 is 15.4 Å². The summed E-state index contributed by atoms with van der Waals surface area (Å²) < 4.78 is 5.16. The Kier molecular flexibility index (Phi) is 5.53. The van der Waals surface area contributed by atoms with Crippen molar-refractivity contribution in [1.29, 1.82) is 0 Å². The lowest BCUT2D eigenvalue weighted by atomic mass is 10.1. The zero-order valence-corrected chi connectivity index (χ0v) is 15.8. The van der Waals surface area contributed by atoms with E-state index >= 15 is 0 Å². The number of nitrogens with one attached hydrogen (secondary N) is 2. The Morgan fingerprint density at radius 2 is 1.96 bits per heavy atom. The molecule has 134 valence electrons. The van der Waals surface area contributed by atoms with Gasteiger partial charge in [-0.15, -0.1) is 11.3 Å². The maximum absolute atomic E-state index is 12.1. The molecule has 0 atom stereocenters. The van der Waals surface area contributed by atoms with Crippen LogP contribution in [0.2, 0.25) is 0 Å². The van der Waals surface area contributed by atoms with E-state index in [1.165, 1.54) is 5.56 Å². The molecule has 0 fully saturated rings. The minimum atomic E-state index is -0.261. The molecule has 0 aliphatic heterocycles.